The Morgan fingerprint density at radius 2 is 0.448 bits per heavy atom. The van der Waals surface area contributed by atoms with Crippen LogP contribution in [-0.2, 0) is 9.59 Å². The van der Waals surface area contributed by atoms with Gasteiger partial charge >= 0.3 is 0 Å². The van der Waals surface area contributed by atoms with Crippen LogP contribution in [0.3, 0.4) is 0 Å². The summed E-state index contributed by atoms with van der Waals surface area (Å²) in [4.78, 5) is 30.0. The highest BCUT2D eigenvalue weighted by atomic mass is 16.5. The van der Waals surface area contributed by atoms with Crippen molar-refractivity contribution in [3.05, 3.63) is 272 Å². The fraction of sp³-hybridized carbons (Fsp3) is 0.0938. The van der Waals surface area contributed by atoms with E-state index in [-0.39, 0.29) is 11.6 Å². The SMILES string of the molecule is Cc1cccc(C2=C(c3ccc(Oc4ccc(C5=C(c6cccc(C)c6)C(=O)C(c6cccc(C)c6)=C5c5cccc(C)c5)cc4)cc3)C(c3cccc(C)c3)=C(c3cccc(C)c3)C2=O)c1. The lowest BCUT2D eigenvalue weighted by molar-refractivity contribution is -0.109. The Bertz CT molecular complexity index is 3210. The van der Waals surface area contributed by atoms with E-state index in [2.05, 4.69) is 163 Å². The molecule has 0 N–H and O–H groups in total. The van der Waals surface area contributed by atoms with Crippen LogP contribution in [-0.4, -0.2) is 11.6 Å². The van der Waals surface area contributed by atoms with E-state index in [9.17, 15) is 0 Å². The zero-order valence-corrected chi connectivity index (χ0v) is 38.7. The van der Waals surface area contributed by atoms with Gasteiger partial charge in [-0.3, -0.25) is 9.59 Å². The van der Waals surface area contributed by atoms with Crippen molar-refractivity contribution >= 4 is 56.2 Å². The summed E-state index contributed by atoms with van der Waals surface area (Å²) in [5.74, 6) is 1.35. The van der Waals surface area contributed by atoms with Gasteiger partial charge in [-0.05, 0) is 110 Å². The molecule has 0 atom stereocenters. The van der Waals surface area contributed by atoms with Crippen LogP contribution in [0.1, 0.15) is 77.9 Å². The van der Waals surface area contributed by atoms with E-state index in [0.29, 0.717) is 33.8 Å². The molecule has 10 rings (SSSR count). The van der Waals surface area contributed by atoms with Gasteiger partial charge in [-0.2, -0.15) is 0 Å². The standard InChI is InChI=1S/C64H50O3/c1-39-13-7-19-47(33-39)57-55(59(49-21-9-15-41(3)35-49)63(65)61(57)51-23-11-17-43(5)37-51)45-25-29-53(30-26-45)67-54-31-27-46(28-32-54)56-58(48-20-8-14-40(2)34-48)62(52-24-12-18-44(6)38-52)64(66)60(56)50-22-10-16-42(4)36-50/h7-38H,1-6H3. The van der Waals surface area contributed by atoms with Crippen molar-refractivity contribution in [2.75, 3.05) is 0 Å². The molecule has 0 amide bonds. The van der Waals surface area contributed by atoms with E-state index in [1.807, 2.05) is 72.8 Å². The van der Waals surface area contributed by atoms with Gasteiger partial charge in [0.1, 0.15) is 11.5 Å². The first-order chi connectivity index (χ1) is 32.5. The number of carbonyl (C=O) groups is 2. The van der Waals surface area contributed by atoms with Crippen LogP contribution in [0.5, 0.6) is 11.5 Å². The molecule has 0 radical (unpaired) electrons. The third-order valence-corrected chi connectivity index (χ3v) is 12.8. The molecule has 0 saturated heterocycles. The number of hydrogen-bond acceptors (Lipinski definition) is 3. The van der Waals surface area contributed by atoms with Gasteiger partial charge in [0.15, 0.2) is 11.6 Å². The molecule has 8 aromatic rings. The maximum atomic E-state index is 15.0. The summed E-state index contributed by atoms with van der Waals surface area (Å²) in [6, 6.07) is 66.0. The van der Waals surface area contributed by atoms with Crippen LogP contribution in [0.4, 0.5) is 0 Å². The van der Waals surface area contributed by atoms with Crippen molar-refractivity contribution in [3.8, 4) is 11.5 Å². The maximum absolute atomic E-state index is 15.0. The molecule has 2 aliphatic carbocycles. The van der Waals surface area contributed by atoms with Gasteiger partial charge in [-0.25, -0.2) is 0 Å². The number of carbonyl (C=O) groups excluding carboxylic acids is 2. The fourth-order valence-electron chi connectivity index (χ4n) is 9.78. The van der Waals surface area contributed by atoms with E-state index < -0.39 is 0 Å². The van der Waals surface area contributed by atoms with E-state index in [0.717, 1.165) is 100 Å². The Kier molecular flexibility index (Phi) is 11.3. The largest absolute Gasteiger partial charge is 0.457 e. The van der Waals surface area contributed by atoms with Crippen LogP contribution < -0.4 is 4.74 Å². The van der Waals surface area contributed by atoms with E-state index in [4.69, 9.17) is 4.74 Å². The average molecular weight is 867 g/mol. The second-order valence-electron chi connectivity index (χ2n) is 18.0. The van der Waals surface area contributed by atoms with Crippen molar-refractivity contribution in [1.82, 2.24) is 0 Å². The first-order valence-electron chi connectivity index (χ1n) is 22.9. The number of ketones is 2. The number of benzene rings is 8. The maximum Gasteiger partial charge on any atom is 0.195 e. The topological polar surface area (TPSA) is 43.4 Å². The molecule has 0 aliphatic heterocycles. The number of rotatable bonds is 10. The zero-order chi connectivity index (χ0) is 46.3. The Balaban J connectivity index is 1.06. The first kappa shape index (κ1) is 42.8. The van der Waals surface area contributed by atoms with Crippen LogP contribution >= 0.6 is 0 Å². The molecule has 0 bridgehead atoms. The third-order valence-electron chi connectivity index (χ3n) is 12.8. The van der Waals surface area contributed by atoms with Gasteiger partial charge in [0, 0.05) is 44.6 Å². The van der Waals surface area contributed by atoms with E-state index in [1.54, 1.807) is 0 Å². The minimum Gasteiger partial charge on any atom is -0.457 e. The van der Waals surface area contributed by atoms with Gasteiger partial charge in [-0.1, -0.05) is 203 Å². The Hall–Kier alpha value is -8.14. The summed E-state index contributed by atoms with van der Waals surface area (Å²) in [7, 11) is 0. The second-order valence-corrected chi connectivity index (χ2v) is 18.0. The summed E-state index contributed by atoms with van der Waals surface area (Å²) in [6.07, 6.45) is 0. The van der Waals surface area contributed by atoms with Gasteiger partial charge in [0.25, 0.3) is 0 Å². The molecular weight excluding hydrogens is 817 g/mol. The first-order valence-corrected chi connectivity index (χ1v) is 22.9. The summed E-state index contributed by atoms with van der Waals surface area (Å²) in [5, 5.41) is 0. The van der Waals surface area contributed by atoms with Crippen molar-refractivity contribution < 1.29 is 14.3 Å². The van der Waals surface area contributed by atoms with E-state index >= 15 is 9.59 Å². The predicted molar refractivity (Wildman–Crippen MR) is 277 cm³/mol. The molecule has 0 saturated carbocycles. The predicted octanol–water partition coefficient (Wildman–Crippen LogP) is 15.5. The number of hydrogen-bond donors (Lipinski definition) is 0. The summed E-state index contributed by atoms with van der Waals surface area (Å²) in [6.45, 7) is 12.4. The normalized spacial score (nSPS) is 13.9. The lowest BCUT2D eigenvalue weighted by atomic mass is 9.88. The molecule has 0 spiro atoms. The number of allylic oxidation sites excluding steroid dienone is 8. The molecule has 0 fully saturated rings. The molecule has 8 aromatic carbocycles. The van der Waals surface area contributed by atoms with Crippen LogP contribution in [0, 0.1) is 41.5 Å². The average Bonchev–Trinajstić information content (AvgIpc) is 3.80. The number of Topliss-reactive ketones (excluding diaryl/α,β-unsaturated/α-hetero) is 2. The lowest BCUT2D eigenvalue weighted by Crippen LogP contribution is -2.02. The molecule has 3 nitrogen and oxygen atoms in total. The van der Waals surface area contributed by atoms with Crippen molar-refractivity contribution in [1.29, 1.82) is 0 Å². The molecule has 2 aliphatic rings. The minimum atomic E-state index is 0.0131. The molecule has 0 heterocycles. The van der Waals surface area contributed by atoms with Crippen molar-refractivity contribution in [3.63, 3.8) is 0 Å². The van der Waals surface area contributed by atoms with Gasteiger partial charge in [0.2, 0.25) is 0 Å². The number of aryl methyl sites for hydroxylation is 6. The van der Waals surface area contributed by atoms with Crippen molar-refractivity contribution in [2.24, 2.45) is 0 Å². The summed E-state index contributed by atoms with van der Waals surface area (Å²) < 4.78 is 6.58. The van der Waals surface area contributed by atoms with Crippen LogP contribution in [0.25, 0.3) is 44.6 Å². The second kappa shape index (κ2) is 17.7. The zero-order valence-electron chi connectivity index (χ0n) is 38.7. The van der Waals surface area contributed by atoms with Crippen molar-refractivity contribution in [2.45, 2.75) is 41.5 Å². The van der Waals surface area contributed by atoms with Crippen LogP contribution in [0.15, 0.2) is 194 Å². The fourth-order valence-corrected chi connectivity index (χ4v) is 9.78. The lowest BCUT2D eigenvalue weighted by Gasteiger charge is -2.16. The van der Waals surface area contributed by atoms with Gasteiger partial charge < -0.3 is 4.74 Å². The minimum absolute atomic E-state index is 0.0131. The Morgan fingerprint density at radius 3 is 0.672 bits per heavy atom. The van der Waals surface area contributed by atoms with Crippen LogP contribution in [0.2, 0.25) is 0 Å². The molecule has 324 valence electrons. The smallest absolute Gasteiger partial charge is 0.195 e. The monoisotopic (exact) mass is 866 g/mol. The molecule has 0 aromatic heterocycles. The van der Waals surface area contributed by atoms with Gasteiger partial charge in [-0.15, -0.1) is 0 Å². The van der Waals surface area contributed by atoms with E-state index in [1.165, 1.54) is 0 Å². The van der Waals surface area contributed by atoms with Gasteiger partial charge in [0.05, 0.1) is 0 Å². The molecule has 3 heteroatoms. The molecular formula is C64H50O3. The highest BCUT2D eigenvalue weighted by Gasteiger charge is 2.37. The summed E-state index contributed by atoms with van der Waals surface area (Å²) >= 11 is 0. The highest BCUT2D eigenvalue weighted by molar-refractivity contribution is 6.60. The summed E-state index contributed by atoms with van der Waals surface area (Å²) in [5.41, 5.74) is 20.5. The Labute approximate surface area is 393 Å². The number of ether oxygens (including phenoxy) is 1. The third kappa shape index (κ3) is 8.26. The molecule has 0 unspecified atom stereocenters. The molecule has 67 heavy (non-hydrogen) atoms. The quantitative estimate of drug-likeness (QED) is 0.138. The Morgan fingerprint density at radius 1 is 0.239 bits per heavy atom. The highest BCUT2D eigenvalue weighted by Crippen LogP contribution is 2.52.